The quantitative estimate of drug-likeness (QED) is 0.0645. The Morgan fingerprint density at radius 3 is 1.55 bits per heavy atom. The molecule has 4 aromatic rings. The van der Waals surface area contributed by atoms with E-state index in [1.807, 2.05) is 13.8 Å². The average molecular weight is 885 g/mol. The number of hydrogen-bond donors (Lipinski definition) is 2. The first kappa shape index (κ1) is 44.5. The van der Waals surface area contributed by atoms with E-state index < -0.39 is 33.9 Å². The van der Waals surface area contributed by atoms with Crippen LogP contribution in [-0.2, 0) is 36.8 Å². The lowest BCUT2D eigenvalue weighted by Crippen LogP contribution is -2.35. The van der Waals surface area contributed by atoms with Crippen LogP contribution in [0.5, 0.6) is 0 Å². The molecule has 0 bridgehead atoms. The number of esters is 2. The van der Waals surface area contributed by atoms with Gasteiger partial charge in [0.1, 0.15) is 14.7 Å². The molecule has 2 aromatic carbocycles. The molecule has 0 fully saturated rings. The van der Waals surface area contributed by atoms with Gasteiger partial charge in [-0.1, -0.05) is 74.1 Å². The summed E-state index contributed by atoms with van der Waals surface area (Å²) in [5, 5.41) is 7.41. The predicted octanol–water partition coefficient (Wildman–Crippen LogP) is 11.0. The van der Waals surface area contributed by atoms with Crippen molar-refractivity contribution in [2.24, 2.45) is 5.41 Å². The zero-order chi connectivity index (χ0) is 40.8. The molecule has 0 unspecified atom stereocenters. The second-order valence-corrected chi connectivity index (χ2v) is 19.2. The van der Waals surface area contributed by atoms with Gasteiger partial charge in [-0.25, -0.2) is 0 Å². The van der Waals surface area contributed by atoms with E-state index in [0.29, 0.717) is 55.1 Å². The van der Waals surface area contributed by atoms with Gasteiger partial charge in [0.2, 0.25) is 11.8 Å². The molecule has 0 radical (unpaired) electrons. The molecule has 2 N–H and O–H groups in total. The van der Waals surface area contributed by atoms with Gasteiger partial charge in [0, 0.05) is 27.3 Å². The van der Waals surface area contributed by atoms with E-state index in [1.165, 1.54) is 60.8 Å². The van der Waals surface area contributed by atoms with Crippen LogP contribution < -0.4 is 10.6 Å². The Bertz CT molecular complexity index is 2160. The summed E-state index contributed by atoms with van der Waals surface area (Å²) < 4.78 is 3.88. The largest absolute Gasteiger partial charge is 0.392 e. The lowest BCUT2D eigenvalue weighted by Gasteiger charge is -2.25. The summed E-state index contributed by atoms with van der Waals surface area (Å²) in [6.45, 7) is 10.3. The molecule has 2 aromatic heterocycles. The number of anilines is 2. The fraction of sp³-hybridized carbons (Fsp3) is 0.333. The highest BCUT2D eigenvalue weighted by atomic mass is 35.5. The van der Waals surface area contributed by atoms with Gasteiger partial charge < -0.3 is 15.4 Å². The lowest BCUT2D eigenvalue weighted by molar-refractivity contribution is -0.162. The minimum absolute atomic E-state index is 0.119. The predicted molar refractivity (Wildman–Crippen MR) is 225 cm³/mol. The van der Waals surface area contributed by atoms with E-state index in [4.69, 9.17) is 51.1 Å². The number of hydrogen-bond acceptors (Lipinski definition) is 10. The molecule has 0 atom stereocenters. The van der Waals surface area contributed by atoms with Gasteiger partial charge >= 0.3 is 11.9 Å². The standard InChI is InChI=1S/C39H38Cl4N2O7S3/c1-7-22-15-24(33(49)20-9-11-26(40)28(42)13-20)35(54-22)44-30(46)17-38(3,4)18-32(48)52-37(51)39(5,6)53-19-31(47)45-36-25(16-23(8-2)55-36)34(50)21-10-12-27(41)29(43)14-21/h9-16H,7-8,17-19H2,1-6H3,(H,44,46)(H,45,47). The Hall–Kier alpha value is -3.23. The molecule has 9 nitrogen and oxygen atoms in total. The normalized spacial score (nSPS) is 11.6. The number of thiophene rings is 2. The Balaban J connectivity index is 1.32. The van der Waals surface area contributed by atoms with E-state index in [0.717, 1.165) is 21.5 Å². The molecular weight excluding hydrogens is 846 g/mol. The van der Waals surface area contributed by atoms with Crippen molar-refractivity contribution in [2.45, 2.75) is 72.0 Å². The van der Waals surface area contributed by atoms with Crippen LogP contribution in [-0.4, -0.2) is 45.8 Å². The molecule has 0 aliphatic rings. The van der Waals surface area contributed by atoms with Crippen LogP contribution in [0.3, 0.4) is 0 Å². The number of amides is 2. The summed E-state index contributed by atoms with van der Waals surface area (Å²) in [5.41, 5.74) is 0.310. The third kappa shape index (κ3) is 11.9. The van der Waals surface area contributed by atoms with Gasteiger partial charge in [-0.05, 0) is 80.6 Å². The maximum absolute atomic E-state index is 13.4. The van der Waals surface area contributed by atoms with Crippen molar-refractivity contribution in [1.82, 2.24) is 0 Å². The fourth-order valence-corrected chi connectivity index (χ4v) is 8.47. The summed E-state index contributed by atoms with van der Waals surface area (Å²) in [4.78, 5) is 80.7. The number of ketones is 2. The molecule has 0 spiro atoms. The third-order valence-corrected chi connectivity index (χ3v) is 13.3. The van der Waals surface area contributed by atoms with E-state index in [1.54, 1.807) is 38.1 Å². The van der Waals surface area contributed by atoms with Crippen LogP contribution in [0.2, 0.25) is 20.1 Å². The first-order valence-electron chi connectivity index (χ1n) is 17.0. The van der Waals surface area contributed by atoms with Crippen molar-refractivity contribution in [3.05, 3.63) is 101 Å². The summed E-state index contributed by atoms with van der Waals surface area (Å²) >= 11 is 27.8. The monoisotopic (exact) mass is 882 g/mol. The van der Waals surface area contributed by atoms with E-state index in [9.17, 15) is 28.8 Å². The lowest BCUT2D eigenvalue weighted by atomic mass is 9.85. The van der Waals surface area contributed by atoms with Crippen molar-refractivity contribution in [3.63, 3.8) is 0 Å². The number of aryl methyl sites for hydroxylation is 2. The Morgan fingerprint density at radius 2 is 1.11 bits per heavy atom. The second-order valence-electron chi connectivity index (χ2n) is 13.7. The van der Waals surface area contributed by atoms with E-state index in [-0.39, 0.29) is 40.2 Å². The molecule has 0 saturated carbocycles. The van der Waals surface area contributed by atoms with Crippen LogP contribution in [0.1, 0.15) is 96.0 Å². The van der Waals surface area contributed by atoms with Gasteiger partial charge in [0.25, 0.3) is 0 Å². The zero-order valence-electron chi connectivity index (χ0n) is 30.7. The van der Waals surface area contributed by atoms with Crippen molar-refractivity contribution in [3.8, 4) is 0 Å². The number of ether oxygens (including phenoxy) is 1. The second kappa shape index (κ2) is 18.8. The van der Waals surface area contributed by atoms with E-state index in [2.05, 4.69) is 10.6 Å². The molecule has 0 aliphatic carbocycles. The summed E-state index contributed by atoms with van der Waals surface area (Å²) in [6, 6.07) is 12.6. The van der Waals surface area contributed by atoms with Gasteiger partial charge in [0.15, 0.2) is 11.6 Å². The van der Waals surface area contributed by atoms with Crippen LogP contribution in [0.25, 0.3) is 0 Å². The summed E-state index contributed by atoms with van der Waals surface area (Å²) in [7, 11) is 0. The van der Waals surface area contributed by atoms with Gasteiger partial charge in [0.05, 0.1) is 43.4 Å². The Morgan fingerprint density at radius 1 is 0.655 bits per heavy atom. The van der Waals surface area contributed by atoms with Crippen molar-refractivity contribution in [2.75, 3.05) is 16.4 Å². The minimum Gasteiger partial charge on any atom is -0.392 e. The van der Waals surface area contributed by atoms with Crippen molar-refractivity contribution >= 4 is 126 Å². The third-order valence-electron chi connectivity index (χ3n) is 8.15. The maximum Gasteiger partial charge on any atom is 0.329 e. The maximum atomic E-state index is 13.4. The van der Waals surface area contributed by atoms with Crippen LogP contribution in [0, 0.1) is 5.41 Å². The smallest absolute Gasteiger partial charge is 0.329 e. The molecule has 0 aliphatic heterocycles. The number of nitrogens with one attached hydrogen (secondary N) is 2. The van der Waals surface area contributed by atoms with Gasteiger partial charge in [-0.15, -0.1) is 34.4 Å². The van der Waals surface area contributed by atoms with E-state index >= 15 is 0 Å². The van der Waals surface area contributed by atoms with Crippen molar-refractivity contribution in [1.29, 1.82) is 0 Å². The van der Waals surface area contributed by atoms with Crippen LogP contribution in [0.4, 0.5) is 10.0 Å². The van der Waals surface area contributed by atoms with Crippen LogP contribution in [0.15, 0.2) is 48.5 Å². The number of rotatable bonds is 16. The molecular formula is C39H38Cl4N2O7S3. The highest BCUT2D eigenvalue weighted by Gasteiger charge is 2.35. The molecule has 55 heavy (non-hydrogen) atoms. The van der Waals surface area contributed by atoms with Gasteiger partial charge in [-0.2, -0.15) is 0 Å². The summed E-state index contributed by atoms with van der Waals surface area (Å²) in [6.07, 6.45) is 0.903. The first-order chi connectivity index (χ1) is 25.7. The highest BCUT2D eigenvalue weighted by Crippen LogP contribution is 2.36. The fourth-order valence-electron chi connectivity index (χ4n) is 5.13. The Kier molecular flexibility index (Phi) is 15.2. The first-order valence-corrected chi connectivity index (χ1v) is 21.1. The number of carbonyl (C=O) groups is 6. The summed E-state index contributed by atoms with van der Waals surface area (Å²) in [5.74, 6) is -3.44. The molecule has 4 rings (SSSR count). The van der Waals surface area contributed by atoms with Crippen molar-refractivity contribution < 1.29 is 33.5 Å². The van der Waals surface area contributed by atoms with Gasteiger partial charge in [-0.3, -0.25) is 28.8 Å². The number of benzene rings is 2. The molecule has 16 heteroatoms. The highest BCUT2D eigenvalue weighted by molar-refractivity contribution is 8.02. The average Bonchev–Trinajstić information content (AvgIpc) is 3.72. The molecule has 292 valence electrons. The molecule has 2 heterocycles. The number of carbonyl (C=O) groups excluding carboxylic acids is 6. The topological polar surface area (TPSA) is 136 Å². The number of thioether (sulfide) groups is 1. The zero-order valence-corrected chi connectivity index (χ0v) is 36.2. The SMILES string of the molecule is CCc1cc(C(=O)c2ccc(Cl)c(Cl)c2)c(NC(=O)CSC(C)(C)C(=O)OC(=O)CC(C)(C)CC(=O)Nc2sc(CC)cc2C(=O)c2ccc(Cl)c(Cl)c2)s1. The molecule has 2 amide bonds. The van der Waals surface area contributed by atoms with Crippen LogP contribution >= 0.6 is 80.8 Å². The number of halogens is 4. The minimum atomic E-state index is -1.30. The Labute approximate surface area is 351 Å². The molecule has 0 saturated heterocycles.